The molecule has 4 heteroatoms. The van der Waals surface area contributed by atoms with Crippen molar-refractivity contribution in [3.05, 3.63) is 29.8 Å². The molecule has 0 bridgehead atoms. The van der Waals surface area contributed by atoms with Crippen LogP contribution in [0.2, 0.25) is 0 Å². The highest BCUT2D eigenvalue weighted by Crippen LogP contribution is 2.32. The van der Waals surface area contributed by atoms with Gasteiger partial charge in [0.25, 0.3) is 0 Å². The third kappa shape index (κ3) is 3.12. The highest BCUT2D eigenvalue weighted by atomic mass is 16.2. The van der Waals surface area contributed by atoms with E-state index in [0.29, 0.717) is 5.92 Å². The van der Waals surface area contributed by atoms with E-state index < -0.39 is 0 Å². The maximum atomic E-state index is 12.8. The van der Waals surface area contributed by atoms with Gasteiger partial charge in [-0.05, 0) is 37.8 Å². The summed E-state index contributed by atoms with van der Waals surface area (Å²) in [7, 11) is 0. The van der Waals surface area contributed by atoms with Crippen molar-refractivity contribution in [3.63, 3.8) is 0 Å². The van der Waals surface area contributed by atoms with E-state index in [1.807, 2.05) is 9.80 Å². The lowest BCUT2D eigenvalue weighted by Gasteiger charge is -2.33. The molecular formula is C16H23N3O. The topological polar surface area (TPSA) is 35.6 Å². The molecule has 1 aromatic carbocycles. The van der Waals surface area contributed by atoms with E-state index in [1.165, 1.54) is 18.4 Å². The fourth-order valence-corrected chi connectivity index (χ4v) is 2.60. The summed E-state index contributed by atoms with van der Waals surface area (Å²) in [6.45, 7) is 6.37. The van der Waals surface area contributed by atoms with Crippen molar-refractivity contribution in [2.45, 2.75) is 19.8 Å². The van der Waals surface area contributed by atoms with Crippen molar-refractivity contribution < 1.29 is 4.79 Å². The van der Waals surface area contributed by atoms with Crippen LogP contribution < -0.4 is 10.2 Å². The number of hydrogen-bond donors (Lipinski definition) is 1. The van der Waals surface area contributed by atoms with Gasteiger partial charge in [-0.25, -0.2) is 4.79 Å². The number of nitrogens with zero attached hydrogens (tertiary/aromatic N) is 2. The van der Waals surface area contributed by atoms with Gasteiger partial charge in [-0.15, -0.1) is 0 Å². The average Bonchev–Trinajstić information content (AvgIpc) is 3.30. The number of piperazine rings is 1. The van der Waals surface area contributed by atoms with Crippen LogP contribution in [0.4, 0.5) is 10.5 Å². The summed E-state index contributed by atoms with van der Waals surface area (Å²) in [6, 6.07) is 8.47. The largest absolute Gasteiger partial charge is 0.324 e. The Morgan fingerprint density at radius 2 is 1.90 bits per heavy atom. The molecule has 4 nitrogen and oxygen atoms in total. The van der Waals surface area contributed by atoms with E-state index in [4.69, 9.17) is 0 Å². The van der Waals surface area contributed by atoms with E-state index in [0.717, 1.165) is 38.4 Å². The summed E-state index contributed by atoms with van der Waals surface area (Å²) >= 11 is 0. The SMILES string of the molecule is Cc1ccc(N(CC2CC2)C(=O)N2CCNCC2)cc1. The van der Waals surface area contributed by atoms with Crippen LogP contribution in [0.25, 0.3) is 0 Å². The van der Waals surface area contributed by atoms with Crippen LogP contribution in [-0.2, 0) is 0 Å². The minimum Gasteiger partial charge on any atom is -0.322 e. The molecule has 1 N–H and O–H groups in total. The Bertz CT molecular complexity index is 461. The number of carbonyl (C=O) groups excluding carboxylic acids is 1. The van der Waals surface area contributed by atoms with Crippen LogP contribution in [0.1, 0.15) is 18.4 Å². The number of hydrogen-bond acceptors (Lipinski definition) is 2. The predicted molar refractivity (Wildman–Crippen MR) is 81.1 cm³/mol. The summed E-state index contributed by atoms with van der Waals surface area (Å²) < 4.78 is 0. The molecule has 1 saturated carbocycles. The first-order chi connectivity index (χ1) is 9.74. The Morgan fingerprint density at radius 3 is 2.50 bits per heavy atom. The summed E-state index contributed by atoms with van der Waals surface area (Å²) in [5.74, 6) is 0.697. The minimum atomic E-state index is 0.169. The Hall–Kier alpha value is -1.55. The van der Waals surface area contributed by atoms with Gasteiger partial charge in [-0.1, -0.05) is 17.7 Å². The molecule has 2 aliphatic rings. The van der Waals surface area contributed by atoms with Gasteiger partial charge in [-0.2, -0.15) is 0 Å². The highest BCUT2D eigenvalue weighted by Gasteiger charge is 2.30. The number of rotatable bonds is 3. The molecule has 108 valence electrons. The van der Waals surface area contributed by atoms with E-state index in [2.05, 4.69) is 36.5 Å². The van der Waals surface area contributed by atoms with E-state index >= 15 is 0 Å². The van der Waals surface area contributed by atoms with Crippen LogP contribution in [-0.4, -0.2) is 43.7 Å². The highest BCUT2D eigenvalue weighted by molar-refractivity contribution is 5.92. The third-order valence-corrected chi connectivity index (χ3v) is 4.10. The standard InChI is InChI=1S/C16H23N3O/c1-13-2-6-15(7-3-13)19(12-14-4-5-14)16(20)18-10-8-17-9-11-18/h2-3,6-7,14,17H,4-5,8-12H2,1H3. The number of amides is 2. The normalized spacial score (nSPS) is 18.9. The zero-order chi connectivity index (χ0) is 13.9. The number of urea groups is 1. The van der Waals surface area contributed by atoms with Gasteiger partial charge in [-0.3, -0.25) is 4.90 Å². The lowest BCUT2D eigenvalue weighted by molar-refractivity contribution is 0.196. The molecule has 1 aliphatic carbocycles. The average molecular weight is 273 g/mol. The molecule has 0 atom stereocenters. The molecule has 1 aromatic rings. The quantitative estimate of drug-likeness (QED) is 0.916. The number of anilines is 1. The van der Waals surface area contributed by atoms with E-state index in [1.54, 1.807) is 0 Å². The van der Waals surface area contributed by atoms with E-state index in [-0.39, 0.29) is 6.03 Å². The lowest BCUT2D eigenvalue weighted by atomic mass is 10.2. The molecule has 1 saturated heterocycles. The summed E-state index contributed by atoms with van der Waals surface area (Å²) in [5.41, 5.74) is 2.26. The molecule has 0 radical (unpaired) electrons. The van der Waals surface area contributed by atoms with Gasteiger partial charge >= 0.3 is 6.03 Å². The molecule has 1 aliphatic heterocycles. The Morgan fingerprint density at radius 1 is 1.25 bits per heavy atom. The number of carbonyl (C=O) groups is 1. The van der Waals surface area contributed by atoms with Gasteiger partial charge in [0, 0.05) is 38.4 Å². The smallest absolute Gasteiger partial charge is 0.322 e. The molecule has 20 heavy (non-hydrogen) atoms. The molecule has 0 aromatic heterocycles. The molecule has 0 unspecified atom stereocenters. The fourth-order valence-electron chi connectivity index (χ4n) is 2.60. The van der Waals surface area contributed by atoms with Crippen LogP contribution in [0.15, 0.2) is 24.3 Å². The van der Waals surface area contributed by atoms with Crippen LogP contribution in [0.3, 0.4) is 0 Å². The first-order valence-corrected chi connectivity index (χ1v) is 7.58. The zero-order valence-corrected chi connectivity index (χ0v) is 12.1. The molecular weight excluding hydrogens is 250 g/mol. The van der Waals surface area contributed by atoms with Crippen LogP contribution >= 0.6 is 0 Å². The predicted octanol–water partition coefficient (Wildman–Crippen LogP) is 2.24. The Kier molecular flexibility index (Phi) is 3.92. The zero-order valence-electron chi connectivity index (χ0n) is 12.1. The Labute approximate surface area is 120 Å². The second kappa shape index (κ2) is 5.83. The summed E-state index contributed by atoms with van der Waals surface area (Å²) in [4.78, 5) is 16.7. The van der Waals surface area contributed by atoms with Crippen molar-refractivity contribution in [2.75, 3.05) is 37.6 Å². The van der Waals surface area contributed by atoms with Crippen molar-refractivity contribution in [2.24, 2.45) is 5.92 Å². The van der Waals surface area contributed by atoms with Crippen molar-refractivity contribution >= 4 is 11.7 Å². The van der Waals surface area contributed by atoms with Crippen molar-refractivity contribution in [1.29, 1.82) is 0 Å². The summed E-state index contributed by atoms with van der Waals surface area (Å²) in [5, 5.41) is 3.30. The first-order valence-electron chi connectivity index (χ1n) is 7.58. The molecule has 2 fully saturated rings. The Balaban J connectivity index is 1.77. The fraction of sp³-hybridized carbons (Fsp3) is 0.562. The van der Waals surface area contributed by atoms with Crippen molar-refractivity contribution in [1.82, 2.24) is 10.2 Å². The minimum absolute atomic E-state index is 0.169. The lowest BCUT2D eigenvalue weighted by Crippen LogP contribution is -2.52. The first kappa shape index (κ1) is 13.4. The van der Waals surface area contributed by atoms with E-state index in [9.17, 15) is 4.79 Å². The third-order valence-electron chi connectivity index (χ3n) is 4.10. The molecule has 1 heterocycles. The van der Waals surface area contributed by atoms with Crippen molar-refractivity contribution in [3.8, 4) is 0 Å². The number of benzene rings is 1. The maximum Gasteiger partial charge on any atom is 0.324 e. The van der Waals surface area contributed by atoms with Gasteiger partial charge in [0.05, 0.1) is 0 Å². The van der Waals surface area contributed by atoms with Gasteiger partial charge < -0.3 is 10.2 Å². The van der Waals surface area contributed by atoms with Crippen LogP contribution in [0, 0.1) is 12.8 Å². The van der Waals surface area contributed by atoms with Crippen LogP contribution in [0.5, 0.6) is 0 Å². The maximum absolute atomic E-state index is 12.8. The van der Waals surface area contributed by atoms with Gasteiger partial charge in [0.2, 0.25) is 0 Å². The monoisotopic (exact) mass is 273 g/mol. The molecule has 3 rings (SSSR count). The molecule has 2 amide bonds. The van der Waals surface area contributed by atoms with Gasteiger partial charge in [0.1, 0.15) is 0 Å². The summed E-state index contributed by atoms with van der Waals surface area (Å²) in [6.07, 6.45) is 2.52. The molecule has 0 spiro atoms. The number of aryl methyl sites for hydroxylation is 1. The second-order valence-electron chi connectivity index (χ2n) is 5.91. The second-order valence-corrected chi connectivity index (χ2v) is 5.91. The van der Waals surface area contributed by atoms with Gasteiger partial charge in [0.15, 0.2) is 0 Å². The number of nitrogens with one attached hydrogen (secondary N) is 1.